The van der Waals surface area contributed by atoms with Crippen molar-refractivity contribution in [2.24, 2.45) is 11.8 Å². The molecular weight excluding hydrogens is 296 g/mol. The number of anilines is 1. The van der Waals surface area contributed by atoms with Gasteiger partial charge in [0.25, 0.3) is 0 Å². The molecule has 4 nitrogen and oxygen atoms in total. The molecule has 0 atom stereocenters. The Bertz CT molecular complexity index is 457. The highest BCUT2D eigenvalue weighted by atomic mass is 32.1. The van der Waals surface area contributed by atoms with E-state index in [1.807, 2.05) is 18.2 Å². The van der Waals surface area contributed by atoms with Gasteiger partial charge in [-0.2, -0.15) is 0 Å². The van der Waals surface area contributed by atoms with Crippen molar-refractivity contribution in [3.05, 3.63) is 18.2 Å². The second kappa shape index (κ2) is 8.83. The van der Waals surface area contributed by atoms with Crippen LogP contribution in [0.2, 0.25) is 0 Å². The molecular formula is C17H28N2O2S. The predicted octanol–water partition coefficient (Wildman–Crippen LogP) is 4.01. The molecule has 0 aromatic heterocycles. The fourth-order valence-corrected chi connectivity index (χ4v) is 2.47. The first-order valence-corrected chi connectivity index (χ1v) is 8.05. The highest BCUT2D eigenvalue weighted by Gasteiger charge is 2.14. The fourth-order valence-electron chi connectivity index (χ4n) is 2.20. The Hall–Kier alpha value is -1.49. The average molecular weight is 324 g/mol. The van der Waals surface area contributed by atoms with E-state index in [-0.39, 0.29) is 0 Å². The van der Waals surface area contributed by atoms with Gasteiger partial charge in [0.05, 0.1) is 14.2 Å². The summed E-state index contributed by atoms with van der Waals surface area (Å²) in [5, 5.41) is 4.03. The molecule has 1 aromatic rings. The maximum atomic E-state index is 5.59. The molecule has 0 spiro atoms. The van der Waals surface area contributed by atoms with E-state index in [1.54, 1.807) is 14.2 Å². The first kappa shape index (κ1) is 18.6. The molecule has 0 aliphatic carbocycles. The standard InChI is InChI=1S/C17H28N2O2S/c1-12(2)10-19(11-13(3)4)17(22)18-14-7-15(20-5)9-16(8-14)21-6/h7-9,12-13H,10-11H2,1-6H3,(H,18,22). The van der Waals surface area contributed by atoms with Gasteiger partial charge in [0.1, 0.15) is 11.5 Å². The first-order chi connectivity index (χ1) is 10.3. The molecule has 1 aromatic carbocycles. The second-order valence-electron chi connectivity index (χ2n) is 6.22. The molecule has 0 unspecified atom stereocenters. The van der Waals surface area contributed by atoms with E-state index in [1.165, 1.54) is 0 Å². The zero-order chi connectivity index (χ0) is 16.7. The summed E-state index contributed by atoms with van der Waals surface area (Å²) < 4.78 is 10.6. The van der Waals surface area contributed by atoms with Crippen LogP contribution in [0.1, 0.15) is 27.7 Å². The van der Waals surface area contributed by atoms with Gasteiger partial charge < -0.3 is 19.7 Å². The van der Waals surface area contributed by atoms with Crippen molar-refractivity contribution in [2.75, 3.05) is 32.6 Å². The predicted molar refractivity (Wildman–Crippen MR) is 97.0 cm³/mol. The Labute approximate surface area is 139 Å². The maximum Gasteiger partial charge on any atom is 0.173 e. The van der Waals surface area contributed by atoms with Gasteiger partial charge in [-0.3, -0.25) is 0 Å². The Morgan fingerprint density at radius 1 is 1.00 bits per heavy atom. The minimum Gasteiger partial charge on any atom is -0.497 e. The number of methoxy groups -OCH3 is 2. The molecule has 1 rings (SSSR count). The zero-order valence-corrected chi connectivity index (χ0v) is 15.3. The molecule has 0 saturated carbocycles. The van der Waals surface area contributed by atoms with Crippen LogP contribution in [0, 0.1) is 11.8 Å². The summed E-state index contributed by atoms with van der Waals surface area (Å²) in [5.74, 6) is 2.59. The minimum absolute atomic E-state index is 0.554. The first-order valence-electron chi connectivity index (χ1n) is 7.64. The lowest BCUT2D eigenvalue weighted by molar-refractivity contribution is 0.332. The molecule has 22 heavy (non-hydrogen) atoms. The van der Waals surface area contributed by atoms with Crippen LogP contribution < -0.4 is 14.8 Å². The van der Waals surface area contributed by atoms with E-state index < -0.39 is 0 Å². The van der Waals surface area contributed by atoms with Gasteiger partial charge >= 0.3 is 0 Å². The summed E-state index contributed by atoms with van der Waals surface area (Å²) in [5.41, 5.74) is 0.874. The molecule has 1 N–H and O–H groups in total. The van der Waals surface area contributed by atoms with Gasteiger partial charge in [-0.15, -0.1) is 0 Å². The third-order valence-electron chi connectivity index (χ3n) is 3.06. The largest absolute Gasteiger partial charge is 0.497 e. The lowest BCUT2D eigenvalue weighted by Gasteiger charge is -2.29. The summed E-state index contributed by atoms with van der Waals surface area (Å²) in [6, 6.07) is 5.67. The van der Waals surface area contributed by atoms with Crippen LogP contribution in [-0.2, 0) is 0 Å². The van der Waals surface area contributed by atoms with E-state index in [9.17, 15) is 0 Å². The topological polar surface area (TPSA) is 33.7 Å². The lowest BCUT2D eigenvalue weighted by atomic mass is 10.1. The number of thiocarbonyl (C=S) groups is 1. The average Bonchev–Trinajstić information content (AvgIpc) is 2.45. The molecule has 0 bridgehead atoms. The van der Waals surface area contributed by atoms with Crippen molar-refractivity contribution in [1.29, 1.82) is 0 Å². The molecule has 0 heterocycles. The summed E-state index contributed by atoms with van der Waals surface area (Å²) in [7, 11) is 3.28. The molecule has 0 amide bonds. The summed E-state index contributed by atoms with van der Waals surface area (Å²) in [4.78, 5) is 2.22. The lowest BCUT2D eigenvalue weighted by Crippen LogP contribution is -2.39. The molecule has 0 aliphatic rings. The van der Waals surface area contributed by atoms with Gasteiger partial charge in [0.2, 0.25) is 0 Å². The van der Waals surface area contributed by atoms with Crippen LogP contribution >= 0.6 is 12.2 Å². The van der Waals surface area contributed by atoms with Crippen LogP contribution in [0.5, 0.6) is 11.5 Å². The molecule has 0 radical (unpaired) electrons. The van der Waals surface area contributed by atoms with Crippen molar-refractivity contribution < 1.29 is 9.47 Å². The monoisotopic (exact) mass is 324 g/mol. The maximum absolute atomic E-state index is 5.59. The van der Waals surface area contributed by atoms with E-state index >= 15 is 0 Å². The van der Waals surface area contributed by atoms with Gasteiger partial charge in [-0.1, -0.05) is 27.7 Å². The Balaban J connectivity index is 2.87. The number of hydrogen-bond donors (Lipinski definition) is 1. The van der Waals surface area contributed by atoms with Gasteiger partial charge in [-0.05, 0) is 24.1 Å². The second-order valence-corrected chi connectivity index (χ2v) is 6.61. The number of nitrogens with zero attached hydrogens (tertiary/aromatic N) is 1. The number of rotatable bonds is 7. The normalized spacial score (nSPS) is 10.7. The van der Waals surface area contributed by atoms with Gasteiger partial charge in [0, 0.05) is 37.0 Å². The zero-order valence-electron chi connectivity index (χ0n) is 14.5. The number of hydrogen-bond acceptors (Lipinski definition) is 3. The Morgan fingerprint density at radius 3 is 1.82 bits per heavy atom. The highest BCUT2D eigenvalue weighted by Crippen LogP contribution is 2.26. The SMILES string of the molecule is COc1cc(NC(=S)N(CC(C)C)CC(C)C)cc(OC)c1. The van der Waals surface area contributed by atoms with Crippen LogP contribution in [-0.4, -0.2) is 37.3 Å². The molecule has 124 valence electrons. The Morgan fingerprint density at radius 2 is 1.45 bits per heavy atom. The molecule has 0 aliphatic heterocycles. The quantitative estimate of drug-likeness (QED) is 0.766. The van der Waals surface area contributed by atoms with Gasteiger partial charge in [-0.25, -0.2) is 0 Å². The fraction of sp³-hybridized carbons (Fsp3) is 0.588. The third kappa shape index (κ3) is 6.10. The summed E-state index contributed by atoms with van der Waals surface area (Å²) in [6.45, 7) is 10.7. The van der Waals surface area contributed by atoms with Crippen molar-refractivity contribution in [3.63, 3.8) is 0 Å². The number of benzene rings is 1. The van der Waals surface area contributed by atoms with Gasteiger partial charge in [0.15, 0.2) is 5.11 Å². The number of ether oxygens (including phenoxy) is 2. The van der Waals surface area contributed by atoms with Crippen LogP contribution in [0.3, 0.4) is 0 Å². The van der Waals surface area contributed by atoms with Crippen molar-refractivity contribution in [1.82, 2.24) is 4.90 Å². The number of nitrogens with one attached hydrogen (secondary N) is 1. The Kier molecular flexibility index (Phi) is 7.45. The van der Waals surface area contributed by atoms with Crippen molar-refractivity contribution in [2.45, 2.75) is 27.7 Å². The van der Waals surface area contributed by atoms with Crippen molar-refractivity contribution >= 4 is 23.0 Å². The van der Waals surface area contributed by atoms with E-state index in [2.05, 4.69) is 37.9 Å². The third-order valence-corrected chi connectivity index (χ3v) is 3.42. The summed E-state index contributed by atoms with van der Waals surface area (Å²) >= 11 is 5.59. The van der Waals surface area contributed by atoms with E-state index in [0.29, 0.717) is 11.8 Å². The van der Waals surface area contributed by atoms with Crippen LogP contribution in [0.4, 0.5) is 5.69 Å². The van der Waals surface area contributed by atoms with E-state index in [0.717, 1.165) is 35.4 Å². The smallest absolute Gasteiger partial charge is 0.173 e. The van der Waals surface area contributed by atoms with Crippen LogP contribution in [0.25, 0.3) is 0 Å². The molecule has 0 saturated heterocycles. The van der Waals surface area contributed by atoms with E-state index in [4.69, 9.17) is 21.7 Å². The van der Waals surface area contributed by atoms with Crippen LogP contribution in [0.15, 0.2) is 18.2 Å². The molecule has 0 fully saturated rings. The van der Waals surface area contributed by atoms with Crippen molar-refractivity contribution in [3.8, 4) is 11.5 Å². The summed E-state index contributed by atoms with van der Waals surface area (Å²) in [6.07, 6.45) is 0. The molecule has 5 heteroatoms. The minimum atomic E-state index is 0.554. The highest BCUT2D eigenvalue weighted by molar-refractivity contribution is 7.80.